The van der Waals surface area contributed by atoms with Crippen molar-refractivity contribution in [2.45, 2.75) is 18.9 Å². The van der Waals surface area contributed by atoms with Crippen LogP contribution in [-0.2, 0) is 0 Å². The van der Waals surface area contributed by atoms with Gasteiger partial charge in [0.05, 0.1) is 6.54 Å². The average molecular weight is 298 g/mol. The van der Waals surface area contributed by atoms with Gasteiger partial charge in [0.1, 0.15) is 12.4 Å². The lowest BCUT2D eigenvalue weighted by Crippen LogP contribution is -2.46. The van der Waals surface area contributed by atoms with Crippen LogP contribution in [0.1, 0.15) is 12.8 Å². The Balaban J connectivity index is 1.57. The molecule has 0 saturated carbocycles. The van der Waals surface area contributed by atoms with Crippen LogP contribution in [0.25, 0.3) is 0 Å². The number of hydrogen-bond acceptors (Lipinski definition) is 4. The number of nitrogens with one attached hydrogen (secondary N) is 1. The van der Waals surface area contributed by atoms with Crippen molar-refractivity contribution in [3.8, 4) is 5.88 Å². The van der Waals surface area contributed by atoms with E-state index in [1.807, 2.05) is 30.3 Å². The highest BCUT2D eigenvalue weighted by atomic mass is 16.5. The number of anilines is 1. The van der Waals surface area contributed by atoms with Gasteiger partial charge in [-0.2, -0.15) is 0 Å². The van der Waals surface area contributed by atoms with E-state index in [9.17, 15) is 4.79 Å². The summed E-state index contributed by atoms with van der Waals surface area (Å²) in [5.74, 6) is 0.547. The Labute approximate surface area is 129 Å². The Morgan fingerprint density at radius 2 is 2.14 bits per heavy atom. The summed E-state index contributed by atoms with van der Waals surface area (Å²) >= 11 is 0. The number of amides is 2. The number of nitrogens with zero attached hydrogens (tertiary/aromatic N) is 3. The third-order valence-corrected chi connectivity index (χ3v) is 3.53. The minimum absolute atomic E-state index is 0.0369. The van der Waals surface area contributed by atoms with E-state index in [1.54, 1.807) is 17.2 Å². The number of benzene rings is 1. The SMILES string of the molecule is O=C(Nc1ccccc1)N1CCCC(Oc2ccncn2)C1. The number of carbonyl (C=O) groups is 1. The fraction of sp³-hybridized carbons (Fsp3) is 0.312. The van der Waals surface area contributed by atoms with Crippen LogP contribution < -0.4 is 10.1 Å². The molecule has 6 heteroatoms. The number of para-hydroxylation sites is 1. The van der Waals surface area contributed by atoms with Gasteiger partial charge >= 0.3 is 6.03 Å². The Morgan fingerprint density at radius 3 is 2.91 bits per heavy atom. The first-order chi connectivity index (χ1) is 10.8. The largest absolute Gasteiger partial charge is 0.472 e. The van der Waals surface area contributed by atoms with Crippen molar-refractivity contribution in [2.75, 3.05) is 18.4 Å². The zero-order valence-corrected chi connectivity index (χ0v) is 12.2. The highest BCUT2D eigenvalue weighted by molar-refractivity contribution is 5.89. The Morgan fingerprint density at radius 1 is 1.27 bits per heavy atom. The maximum atomic E-state index is 12.3. The number of piperidine rings is 1. The Hall–Kier alpha value is -2.63. The maximum absolute atomic E-state index is 12.3. The highest BCUT2D eigenvalue weighted by Gasteiger charge is 2.25. The van der Waals surface area contributed by atoms with E-state index in [2.05, 4.69) is 15.3 Å². The van der Waals surface area contributed by atoms with Gasteiger partial charge in [-0.05, 0) is 25.0 Å². The van der Waals surface area contributed by atoms with Crippen LogP contribution >= 0.6 is 0 Å². The maximum Gasteiger partial charge on any atom is 0.321 e. The third kappa shape index (κ3) is 3.72. The predicted molar refractivity (Wildman–Crippen MR) is 82.7 cm³/mol. The fourth-order valence-corrected chi connectivity index (χ4v) is 2.46. The summed E-state index contributed by atoms with van der Waals surface area (Å²) in [7, 11) is 0. The van der Waals surface area contributed by atoms with Crippen LogP contribution in [-0.4, -0.2) is 40.1 Å². The van der Waals surface area contributed by atoms with Gasteiger partial charge in [0, 0.05) is 24.5 Å². The molecule has 1 aromatic carbocycles. The predicted octanol–water partition coefficient (Wildman–Crippen LogP) is 2.55. The smallest absolute Gasteiger partial charge is 0.321 e. The van der Waals surface area contributed by atoms with Crippen molar-refractivity contribution in [2.24, 2.45) is 0 Å². The third-order valence-electron chi connectivity index (χ3n) is 3.53. The van der Waals surface area contributed by atoms with Gasteiger partial charge in [-0.15, -0.1) is 0 Å². The van der Waals surface area contributed by atoms with Crippen LogP contribution in [0.4, 0.5) is 10.5 Å². The van der Waals surface area contributed by atoms with Crippen molar-refractivity contribution >= 4 is 11.7 Å². The average Bonchev–Trinajstić information content (AvgIpc) is 2.57. The van der Waals surface area contributed by atoms with Gasteiger partial charge in [-0.3, -0.25) is 0 Å². The molecular formula is C16H18N4O2. The van der Waals surface area contributed by atoms with Crippen LogP contribution in [0.15, 0.2) is 48.9 Å². The molecule has 1 aliphatic rings. The molecule has 1 fully saturated rings. The molecule has 114 valence electrons. The normalized spacial score (nSPS) is 17.8. The van der Waals surface area contributed by atoms with Gasteiger partial charge < -0.3 is 15.0 Å². The molecule has 22 heavy (non-hydrogen) atoms. The Kier molecular flexibility index (Phi) is 4.48. The molecule has 0 spiro atoms. The van der Waals surface area contributed by atoms with Gasteiger partial charge in [0.15, 0.2) is 0 Å². The first-order valence-electron chi connectivity index (χ1n) is 7.35. The Bertz CT molecular complexity index is 606. The minimum Gasteiger partial charge on any atom is -0.472 e. The van der Waals surface area contributed by atoms with E-state index in [4.69, 9.17) is 4.74 Å². The summed E-state index contributed by atoms with van der Waals surface area (Å²) in [5.41, 5.74) is 0.798. The molecule has 1 N–H and O–H groups in total. The highest BCUT2D eigenvalue weighted by Crippen LogP contribution is 2.17. The lowest BCUT2D eigenvalue weighted by molar-refractivity contribution is 0.102. The summed E-state index contributed by atoms with van der Waals surface area (Å²) in [6.07, 6.45) is 4.89. The number of carbonyl (C=O) groups excluding carboxylic acids is 1. The van der Waals surface area contributed by atoms with Crippen LogP contribution in [0.2, 0.25) is 0 Å². The summed E-state index contributed by atoms with van der Waals surface area (Å²) in [6.45, 7) is 1.30. The minimum atomic E-state index is -0.0952. The standard InChI is InChI=1S/C16H18N4O2/c21-16(19-13-5-2-1-3-6-13)20-10-4-7-14(11-20)22-15-8-9-17-12-18-15/h1-3,5-6,8-9,12,14H,4,7,10-11H2,(H,19,21). The number of ether oxygens (including phenoxy) is 1. The lowest BCUT2D eigenvalue weighted by Gasteiger charge is -2.32. The zero-order chi connectivity index (χ0) is 15.2. The lowest BCUT2D eigenvalue weighted by atomic mass is 10.1. The van der Waals surface area contributed by atoms with Crippen molar-refractivity contribution in [3.05, 3.63) is 48.9 Å². The first kappa shape index (κ1) is 14.3. The zero-order valence-electron chi connectivity index (χ0n) is 12.2. The van der Waals surface area contributed by atoms with Crippen LogP contribution in [0.5, 0.6) is 5.88 Å². The summed E-state index contributed by atoms with van der Waals surface area (Å²) in [5, 5.41) is 2.90. The number of aromatic nitrogens is 2. The molecule has 2 aromatic rings. The summed E-state index contributed by atoms with van der Waals surface area (Å²) < 4.78 is 5.81. The molecule has 1 saturated heterocycles. The molecule has 6 nitrogen and oxygen atoms in total. The van der Waals surface area contributed by atoms with Crippen molar-refractivity contribution in [3.63, 3.8) is 0 Å². The molecule has 3 rings (SSSR count). The quantitative estimate of drug-likeness (QED) is 0.945. The molecular weight excluding hydrogens is 280 g/mol. The number of urea groups is 1. The van der Waals surface area contributed by atoms with E-state index in [1.165, 1.54) is 6.33 Å². The molecule has 0 radical (unpaired) electrons. The molecule has 0 bridgehead atoms. The van der Waals surface area contributed by atoms with E-state index < -0.39 is 0 Å². The number of hydrogen-bond donors (Lipinski definition) is 1. The van der Waals surface area contributed by atoms with Gasteiger partial charge in [0.25, 0.3) is 0 Å². The fourth-order valence-electron chi connectivity index (χ4n) is 2.46. The van der Waals surface area contributed by atoms with E-state index in [0.29, 0.717) is 12.4 Å². The van der Waals surface area contributed by atoms with Gasteiger partial charge in [0.2, 0.25) is 5.88 Å². The van der Waals surface area contributed by atoms with E-state index in [0.717, 1.165) is 25.1 Å². The molecule has 2 amide bonds. The summed E-state index contributed by atoms with van der Waals surface area (Å²) in [4.78, 5) is 22.0. The number of likely N-dealkylation sites (tertiary alicyclic amines) is 1. The molecule has 1 atom stereocenters. The molecule has 0 aliphatic carbocycles. The van der Waals surface area contributed by atoms with Gasteiger partial charge in [-0.1, -0.05) is 18.2 Å². The summed E-state index contributed by atoms with van der Waals surface area (Å²) in [6, 6.07) is 11.1. The van der Waals surface area contributed by atoms with Crippen molar-refractivity contribution in [1.29, 1.82) is 0 Å². The second kappa shape index (κ2) is 6.89. The van der Waals surface area contributed by atoms with Crippen LogP contribution in [0, 0.1) is 0 Å². The topological polar surface area (TPSA) is 67.4 Å². The first-order valence-corrected chi connectivity index (χ1v) is 7.35. The second-order valence-corrected chi connectivity index (χ2v) is 5.17. The molecule has 1 aromatic heterocycles. The second-order valence-electron chi connectivity index (χ2n) is 5.17. The van der Waals surface area contributed by atoms with Crippen molar-refractivity contribution < 1.29 is 9.53 Å². The van der Waals surface area contributed by atoms with Crippen LogP contribution in [0.3, 0.4) is 0 Å². The van der Waals surface area contributed by atoms with E-state index in [-0.39, 0.29) is 12.1 Å². The van der Waals surface area contributed by atoms with Gasteiger partial charge in [-0.25, -0.2) is 14.8 Å². The molecule has 2 heterocycles. The van der Waals surface area contributed by atoms with Crippen molar-refractivity contribution in [1.82, 2.24) is 14.9 Å². The van der Waals surface area contributed by atoms with E-state index >= 15 is 0 Å². The monoisotopic (exact) mass is 298 g/mol. The molecule has 1 unspecified atom stereocenters. The molecule has 1 aliphatic heterocycles. The number of rotatable bonds is 3.